The first kappa shape index (κ1) is 13.8. The van der Waals surface area contributed by atoms with E-state index < -0.39 is 0 Å². The third-order valence-electron chi connectivity index (χ3n) is 3.67. The van der Waals surface area contributed by atoms with Crippen molar-refractivity contribution in [2.75, 3.05) is 19.7 Å². The Bertz CT molecular complexity index is 627. The Hall–Kier alpha value is -2.15. The lowest BCUT2D eigenvalue weighted by atomic mass is 10.2. The molecular weight excluding hydrogens is 270 g/mol. The SMILES string of the molecule is CCOC(=O)N1CCC(NCc2cccc3ncnn23)C1. The van der Waals surface area contributed by atoms with Crippen LogP contribution < -0.4 is 5.32 Å². The van der Waals surface area contributed by atoms with Crippen molar-refractivity contribution in [1.82, 2.24) is 24.8 Å². The maximum absolute atomic E-state index is 11.7. The number of fused-ring (bicyclic) bond motifs is 1. The average molecular weight is 289 g/mol. The minimum Gasteiger partial charge on any atom is -0.450 e. The molecule has 112 valence electrons. The van der Waals surface area contributed by atoms with Gasteiger partial charge in [0.25, 0.3) is 0 Å². The minimum atomic E-state index is -0.222. The molecule has 2 aromatic rings. The summed E-state index contributed by atoms with van der Waals surface area (Å²) >= 11 is 0. The number of likely N-dealkylation sites (tertiary alicyclic amines) is 1. The number of nitrogens with one attached hydrogen (secondary N) is 1. The molecule has 0 aliphatic carbocycles. The molecule has 1 amide bonds. The van der Waals surface area contributed by atoms with E-state index in [1.807, 2.05) is 29.6 Å². The van der Waals surface area contributed by atoms with Crippen molar-refractivity contribution >= 4 is 11.7 Å². The van der Waals surface area contributed by atoms with Crippen LogP contribution in [0.5, 0.6) is 0 Å². The predicted molar refractivity (Wildman–Crippen MR) is 76.8 cm³/mol. The molecule has 7 nitrogen and oxygen atoms in total. The standard InChI is InChI=1S/C14H19N5O2/c1-2-21-14(20)18-7-6-11(9-18)15-8-12-4-3-5-13-16-10-17-19(12)13/h3-5,10-11,15H,2,6-9H2,1H3. The van der Waals surface area contributed by atoms with Crippen LogP contribution in [0.4, 0.5) is 4.79 Å². The van der Waals surface area contributed by atoms with Crippen LogP contribution in [0.1, 0.15) is 19.0 Å². The summed E-state index contributed by atoms with van der Waals surface area (Å²) in [5.41, 5.74) is 1.90. The first-order valence-electron chi connectivity index (χ1n) is 7.20. The van der Waals surface area contributed by atoms with Gasteiger partial charge in [-0.2, -0.15) is 5.10 Å². The summed E-state index contributed by atoms with van der Waals surface area (Å²) in [5.74, 6) is 0. The predicted octanol–water partition coefficient (Wildman–Crippen LogP) is 1.05. The number of hydrogen-bond donors (Lipinski definition) is 1. The van der Waals surface area contributed by atoms with Gasteiger partial charge in [-0.1, -0.05) is 6.07 Å². The quantitative estimate of drug-likeness (QED) is 0.911. The fourth-order valence-electron chi connectivity index (χ4n) is 2.59. The van der Waals surface area contributed by atoms with Crippen LogP contribution in [0.2, 0.25) is 0 Å². The smallest absolute Gasteiger partial charge is 0.409 e. The van der Waals surface area contributed by atoms with Gasteiger partial charge in [-0.05, 0) is 25.5 Å². The van der Waals surface area contributed by atoms with Crippen LogP contribution in [-0.2, 0) is 11.3 Å². The summed E-state index contributed by atoms with van der Waals surface area (Å²) in [6.07, 6.45) is 2.27. The highest BCUT2D eigenvalue weighted by Gasteiger charge is 2.26. The lowest BCUT2D eigenvalue weighted by Crippen LogP contribution is -2.35. The number of aromatic nitrogens is 3. The molecule has 1 saturated heterocycles. The monoisotopic (exact) mass is 289 g/mol. The molecule has 7 heteroatoms. The van der Waals surface area contributed by atoms with Gasteiger partial charge in [0.15, 0.2) is 5.65 Å². The zero-order valence-corrected chi connectivity index (χ0v) is 12.0. The second-order valence-electron chi connectivity index (χ2n) is 5.06. The van der Waals surface area contributed by atoms with Gasteiger partial charge in [-0.25, -0.2) is 14.3 Å². The largest absolute Gasteiger partial charge is 0.450 e. The maximum Gasteiger partial charge on any atom is 0.409 e. The molecule has 3 rings (SSSR count). The summed E-state index contributed by atoms with van der Waals surface area (Å²) < 4.78 is 6.85. The van der Waals surface area contributed by atoms with Gasteiger partial charge in [0.2, 0.25) is 0 Å². The van der Waals surface area contributed by atoms with Gasteiger partial charge >= 0.3 is 6.09 Å². The zero-order valence-electron chi connectivity index (χ0n) is 12.0. The van der Waals surface area contributed by atoms with E-state index in [9.17, 15) is 4.79 Å². The number of hydrogen-bond acceptors (Lipinski definition) is 5. The van der Waals surface area contributed by atoms with E-state index in [1.54, 1.807) is 11.2 Å². The molecule has 2 aromatic heterocycles. The Labute approximate surface area is 122 Å². The molecule has 1 fully saturated rings. The molecule has 1 N–H and O–H groups in total. The number of pyridine rings is 1. The van der Waals surface area contributed by atoms with Crippen LogP contribution >= 0.6 is 0 Å². The third kappa shape index (κ3) is 2.97. The lowest BCUT2D eigenvalue weighted by molar-refractivity contribution is 0.115. The molecule has 1 atom stereocenters. The Morgan fingerprint density at radius 2 is 2.43 bits per heavy atom. The summed E-state index contributed by atoms with van der Waals surface area (Å²) in [7, 11) is 0. The molecule has 0 radical (unpaired) electrons. The highest BCUT2D eigenvalue weighted by atomic mass is 16.6. The van der Waals surface area contributed by atoms with Gasteiger partial charge in [-0.3, -0.25) is 0 Å². The van der Waals surface area contributed by atoms with E-state index in [0.717, 1.165) is 24.3 Å². The number of nitrogens with zero attached hydrogens (tertiary/aromatic N) is 4. The van der Waals surface area contributed by atoms with Crippen molar-refractivity contribution in [3.8, 4) is 0 Å². The molecule has 1 aliphatic heterocycles. The highest BCUT2D eigenvalue weighted by molar-refractivity contribution is 5.68. The van der Waals surface area contributed by atoms with Gasteiger partial charge in [0.05, 0.1) is 12.3 Å². The topological polar surface area (TPSA) is 71.8 Å². The molecule has 0 bridgehead atoms. The zero-order chi connectivity index (χ0) is 14.7. The van der Waals surface area contributed by atoms with E-state index >= 15 is 0 Å². The van der Waals surface area contributed by atoms with Gasteiger partial charge < -0.3 is 15.0 Å². The second kappa shape index (κ2) is 6.09. The molecule has 21 heavy (non-hydrogen) atoms. The van der Waals surface area contributed by atoms with E-state index in [0.29, 0.717) is 19.7 Å². The van der Waals surface area contributed by atoms with E-state index in [4.69, 9.17) is 4.74 Å². The number of amides is 1. The third-order valence-corrected chi connectivity index (χ3v) is 3.67. The van der Waals surface area contributed by atoms with Crippen molar-refractivity contribution in [1.29, 1.82) is 0 Å². The molecule has 0 saturated carbocycles. The number of carbonyl (C=O) groups excluding carboxylic acids is 1. The fraction of sp³-hybridized carbons (Fsp3) is 0.500. The van der Waals surface area contributed by atoms with E-state index in [1.165, 1.54) is 0 Å². The number of ether oxygens (including phenoxy) is 1. The average Bonchev–Trinajstić information content (AvgIpc) is 3.14. The summed E-state index contributed by atoms with van der Waals surface area (Å²) in [5, 5.41) is 7.68. The molecule has 3 heterocycles. The second-order valence-corrected chi connectivity index (χ2v) is 5.06. The van der Waals surface area contributed by atoms with Gasteiger partial charge in [-0.15, -0.1) is 0 Å². The van der Waals surface area contributed by atoms with Crippen molar-refractivity contribution in [2.45, 2.75) is 25.9 Å². The van der Waals surface area contributed by atoms with E-state index in [-0.39, 0.29) is 12.1 Å². The van der Waals surface area contributed by atoms with Crippen LogP contribution in [0.3, 0.4) is 0 Å². The Balaban J connectivity index is 1.57. The summed E-state index contributed by atoms with van der Waals surface area (Å²) in [6, 6.07) is 6.20. The van der Waals surface area contributed by atoms with Crippen molar-refractivity contribution in [2.24, 2.45) is 0 Å². The summed E-state index contributed by atoms with van der Waals surface area (Å²) in [6.45, 7) is 4.36. The lowest BCUT2D eigenvalue weighted by Gasteiger charge is -2.16. The first-order chi connectivity index (χ1) is 10.3. The first-order valence-corrected chi connectivity index (χ1v) is 7.20. The Morgan fingerprint density at radius 3 is 3.29 bits per heavy atom. The van der Waals surface area contributed by atoms with Crippen LogP contribution in [0.15, 0.2) is 24.5 Å². The van der Waals surface area contributed by atoms with Crippen molar-refractivity contribution < 1.29 is 9.53 Å². The number of rotatable bonds is 4. The normalized spacial score (nSPS) is 18.3. The Morgan fingerprint density at radius 1 is 1.52 bits per heavy atom. The van der Waals surface area contributed by atoms with Gasteiger partial charge in [0, 0.05) is 25.7 Å². The molecule has 0 aromatic carbocycles. The van der Waals surface area contributed by atoms with Crippen molar-refractivity contribution in [3.05, 3.63) is 30.2 Å². The van der Waals surface area contributed by atoms with Crippen LogP contribution in [0, 0.1) is 0 Å². The Kier molecular flexibility index (Phi) is 4.01. The highest BCUT2D eigenvalue weighted by Crippen LogP contribution is 2.12. The molecule has 1 aliphatic rings. The molecule has 0 spiro atoms. The van der Waals surface area contributed by atoms with Crippen LogP contribution in [-0.4, -0.2) is 51.3 Å². The number of carbonyl (C=O) groups is 1. The molecular formula is C14H19N5O2. The van der Waals surface area contributed by atoms with Crippen molar-refractivity contribution in [3.63, 3.8) is 0 Å². The van der Waals surface area contributed by atoms with E-state index in [2.05, 4.69) is 15.4 Å². The molecule has 1 unspecified atom stereocenters. The summed E-state index contributed by atoms with van der Waals surface area (Å²) in [4.78, 5) is 17.6. The fourth-order valence-corrected chi connectivity index (χ4v) is 2.59. The maximum atomic E-state index is 11.7. The minimum absolute atomic E-state index is 0.222. The van der Waals surface area contributed by atoms with Gasteiger partial charge in [0.1, 0.15) is 6.33 Å². The van der Waals surface area contributed by atoms with Crippen LogP contribution in [0.25, 0.3) is 5.65 Å².